The number of carboxylic acid groups (broad SMARTS) is 1. The lowest BCUT2D eigenvalue weighted by Gasteiger charge is -2.23. The first kappa shape index (κ1) is 28.2. The Balaban J connectivity index is 1.52. The maximum Gasteiger partial charge on any atom is 0.305 e. The molecule has 2 amide bonds. The largest absolute Gasteiger partial charge is 0.481 e. The maximum absolute atomic E-state index is 13.6. The van der Waals surface area contributed by atoms with Gasteiger partial charge in [-0.25, -0.2) is 0 Å². The molecule has 3 aromatic carbocycles. The van der Waals surface area contributed by atoms with E-state index in [1.807, 2.05) is 31.2 Å². The summed E-state index contributed by atoms with van der Waals surface area (Å²) >= 11 is 0. The first-order valence-corrected chi connectivity index (χ1v) is 13.7. The normalized spacial score (nSPS) is 14.4. The molecule has 6 nitrogen and oxygen atoms in total. The Bertz CT molecular complexity index is 1300. The SMILES string of the molecule is [B]c1cc(NC(=O)C(Cc2ccc(C(=O)NCCC(=O)O)cc2)c2ccc(C3CCCCC3)cc2)ccc1C. The first-order chi connectivity index (χ1) is 18.8. The Hall–Kier alpha value is -3.87. The van der Waals surface area contributed by atoms with Crippen LogP contribution in [0.1, 0.15) is 83.0 Å². The minimum absolute atomic E-state index is 0.0680. The fourth-order valence-electron chi connectivity index (χ4n) is 5.16. The van der Waals surface area contributed by atoms with Crippen molar-refractivity contribution in [3.8, 4) is 0 Å². The second-order valence-electron chi connectivity index (χ2n) is 10.4. The van der Waals surface area contributed by atoms with Gasteiger partial charge in [0.15, 0.2) is 0 Å². The molecule has 1 aliphatic rings. The van der Waals surface area contributed by atoms with Crippen LogP contribution in [0.15, 0.2) is 66.7 Å². The van der Waals surface area contributed by atoms with E-state index < -0.39 is 11.9 Å². The summed E-state index contributed by atoms with van der Waals surface area (Å²) in [5.41, 5.74) is 5.85. The van der Waals surface area contributed by atoms with Crippen LogP contribution in [0.5, 0.6) is 0 Å². The molecule has 200 valence electrons. The van der Waals surface area contributed by atoms with Crippen molar-refractivity contribution in [3.05, 3.63) is 94.5 Å². The van der Waals surface area contributed by atoms with Gasteiger partial charge in [-0.1, -0.05) is 72.8 Å². The molecule has 0 aliphatic heterocycles. The smallest absolute Gasteiger partial charge is 0.305 e. The quantitative estimate of drug-likeness (QED) is 0.327. The van der Waals surface area contributed by atoms with Gasteiger partial charge in [0.1, 0.15) is 7.85 Å². The van der Waals surface area contributed by atoms with Gasteiger partial charge in [0.05, 0.1) is 12.3 Å². The van der Waals surface area contributed by atoms with E-state index in [2.05, 4.69) is 34.9 Å². The highest BCUT2D eigenvalue weighted by molar-refractivity contribution is 6.33. The molecule has 0 bridgehead atoms. The number of nitrogens with one attached hydrogen (secondary N) is 2. The number of benzene rings is 3. The number of aliphatic carboxylic acids is 1. The molecule has 3 N–H and O–H groups in total. The van der Waals surface area contributed by atoms with Crippen LogP contribution in [-0.4, -0.2) is 37.3 Å². The van der Waals surface area contributed by atoms with Crippen molar-refractivity contribution in [2.24, 2.45) is 0 Å². The summed E-state index contributed by atoms with van der Waals surface area (Å²) in [5, 5.41) is 14.4. The molecule has 39 heavy (non-hydrogen) atoms. The average Bonchev–Trinajstić information content (AvgIpc) is 2.94. The predicted molar refractivity (Wildman–Crippen MR) is 155 cm³/mol. The molecule has 1 unspecified atom stereocenters. The van der Waals surface area contributed by atoms with Gasteiger partial charge in [-0.05, 0) is 73.1 Å². The van der Waals surface area contributed by atoms with Crippen LogP contribution in [0.25, 0.3) is 0 Å². The third-order valence-corrected chi connectivity index (χ3v) is 7.56. The molecule has 0 heterocycles. The minimum Gasteiger partial charge on any atom is -0.481 e. The molecule has 1 aliphatic carbocycles. The number of anilines is 1. The van der Waals surface area contributed by atoms with Gasteiger partial charge in [0, 0.05) is 17.8 Å². The van der Waals surface area contributed by atoms with E-state index in [-0.39, 0.29) is 24.8 Å². The van der Waals surface area contributed by atoms with Crippen molar-refractivity contribution in [2.75, 3.05) is 11.9 Å². The van der Waals surface area contributed by atoms with Crippen LogP contribution >= 0.6 is 0 Å². The number of hydrogen-bond acceptors (Lipinski definition) is 3. The molecule has 2 radical (unpaired) electrons. The molecule has 0 aromatic heterocycles. The lowest BCUT2D eigenvalue weighted by atomic mass is 9.83. The topological polar surface area (TPSA) is 95.5 Å². The van der Waals surface area contributed by atoms with Crippen LogP contribution in [0, 0.1) is 6.92 Å². The zero-order chi connectivity index (χ0) is 27.8. The minimum atomic E-state index is -0.963. The Morgan fingerprint density at radius 2 is 1.64 bits per heavy atom. The van der Waals surface area contributed by atoms with Crippen molar-refractivity contribution in [3.63, 3.8) is 0 Å². The third kappa shape index (κ3) is 7.82. The molecule has 0 saturated heterocycles. The summed E-state index contributed by atoms with van der Waals surface area (Å²) in [5.74, 6) is -1.27. The van der Waals surface area contributed by atoms with Crippen LogP contribution < -0.4 is 16.1 Å². The fourth-order valence-corrected chi connectivity index (χ4v) is 5.16. The molecule has 3 aromatic rings. The lowest BCUT2D eigenvalue weighted by molar-refractivity contribution is -0.136. The van der Waals surface area contributed by atoms with Gasteiger partial charge in [0.2, 0.25) is 5.91 Å². The molecule has 1 saturated carbocycles. The third-order valence-electron chi connectivity index (χ3n) is 7.56. The second-order valence-corrected chi connectivity index (χ2v) is 10.4. The molecular weight excluding hydrogens is 487 g/mol. The van der Waals surface area contributed by atoms with Crippen molar-refractivity contribution < 1.29 is 19.5 Å². The van der Waals surface area contributed by atoms with Gasteiger partial charge >= 0.3 is 5.97 Å². The fraction of sp³-hybridized carbons (Fsp3) is 0.344. The van der Waals surface area contributed by atoms with Crippen molar-refractivity contribution in [1.29, 1.82) is 0 Å². The summed E-state index contributed by atoms with van der Waals surface area (Å²) in [7, 11) is 6.07. The van der Waals surface area contributed by atoms with Gasteiger partial charge < -0.3 is 15.7 Å². The summed E-state index contributed by atoms with van der Waals surface area (Å²) in [6, 6.07) is 21.1. The number of carbonyl (C=O) groups excluding carboxylic acids is 2. The van der Waals surface area contributed by atoms with E-state index in [0.29, 0.717) is 29.1 Å². The zero-order valence-corrected chi connectivity index (χ0v) is 22.4. The highest BCUT2D eigenvalue weighted by atomic mass is 16.4. The van der Waals surface area contributed by atoms with E-state index >= 15 is 0 Å². The standard InChI is InChI=1S/C32H35BN2O4/c1-21-7-16-27(20-29(21)33)35-32(39)28(25-14-12-24(13-15-25)23-5-3-2-4-6-23)19-22-8-10-26(11-9-22)31(38)34-18-17-30(36)37/h7-16,20,23,28H,2-6,17-19H2,1H3,(H,34,38)(H,35,39)(H,36,37). The zero-order valence-electron chi connectivity index (χ0n) is 22.4. The van der Waals surface area contributed by atoms with Gasteiger partial charge in [-0.3, -0.25) is 14.4 Å². The van der Waals surface area contributed by atoms with Crippen LogP contribution in [-0.2, 0) is 16.0 Å². The highest BCUT2D eigenvalue weighted by Gasteiger charge is 2.23. The van der Waals surface area contributed by atoms with E-state index in [1.54, 1.807) is 18.2 Å². The Morgan fingerprint density at radius 1 is 0.949 bits per heavy atom. The highest BCUT2D eigenvalue weighted by Crippen LogP contribution is 2.33. The first-order valence-electron chi connectivity index (χ1n) is 13.7. The van der Waals surface area contributed by atoms with Crippen LogP contribution in [0.4, 0.5) is 5.69 Å². The van der Waals surface area contributed by atoms with Gasteiger partial charge in [-0.2, -0.15) is 0 Å². The lowest BCUT2D eigenvalue weighted by Crippen LogP contribution is -2.26. The monoisotopic (exact) mass is 522 g/mol. The Kier molecular flexibility index (Phi) is 9.58. The number of aryl methyl sites for hydroxylation is 1. The van der Waals surface area contributed by atoms with E-state index in [9.17, 15) is 14.4 Å². The molecule has 1 fully saturated rings. The van der Waals surface area contributed by atoms with Gasteiger partial charge in [0.25, 0.3) is 5.91 Å². The molecule has 7 heteroatoms. The maximum atomic E-state index is 13.6. The number of rotatable bonds is 10. The van der Waals surface area contributed by atoms with Crippen molar-refractivity contribution in [2.45, 2.75) is 63.7 Å². The predicted octanol–water partition coefficient (Wildman–Crippen LogP) is 5.01. The van der Waals surface area contributed by atoms with Crippen LogP contribution in [0.2, 0.25) is 0 Å². The number of carbonyl (C=O) groups is 3. The van der Waals surface area contributed by atoms with E-state index in [1.165, 1.54) is 37.7 Å². The summed E-state index contributed by atoms with van der Waals surface area (Å²) < 4.78 is 0. The average molecular weight is 522 g/mol. The van der Waals surface area contributed by atoms with Gasteiger partial charge in [-0.15, -0.1) is 0 Å². The molecule has 4 rings (SSSR count). The molecular formula is C32H35BN2O4. The van der Waals surface area contributed by atoms with E-state index in [4.69, 9.17) is 13.0 Å². The van der Waals surface area contributed by atoms with Crippen molar-refractivity contribution in [1.82, 2.24) is 5.32 Å². The number of amides is 2. The molecule has 1 atom stereocenters. The number of carboxylic acids is 1. The Morgan fingerprint density at radius 3 is 2.28 bits per heavy atom. The summed E-state index contributed by atoms with van der Waals surface area (Å²) in [6.07, 6.45) is 6.60. The van der Waals surface area contributed by atoms with E-state index in [0.717, 1.165) is 16.7 Å². The van der Waals surface area contributed by atoms with Crippen molar-refractivity contribution >= 4 is 36.8 Å². The number of hydrogen-bond donors (Lipinski definition) is 3. The summed E-state index contributed by atoms with van der Waals surface area (Å²) in [6.45, 7) is 1.99. The molecule has 0 spiro atoms. The Labute approximate surface area is 231 Å². The second kappa shape index (κ2) is 13.3. The summed E-state index contributed by atoms with van der Waals surface area (Å²) in [4.78, 5) is 36.6. The van der Waals surface area contributed by atoms with Crippen LogP contribution in [0.3, 0.4) is 0 Å².